The molecule has 17 heavy (non-hydrogen) atoms. The number of rotatable bonds is 5. The SMILES string of the molecule is C=CCOC(=O)C=Cc1ccc(OC)c(F)c1. The summed E-state index contributed by atoms with van der Waals surface area (Å²) in [6.07, 6.45) is 4.16. The van der Waals surface area contributed by atoms with E-state index in [9.17, 15) is 9.18 Å². The lowest BCUT2D eigenvalue weighted by atomic mass is 10.2. The lowest BCUT2D eigenvalue weighted by Gasteiger charge is -2.01. The highest BCUT2D eigenvalue weighted by Crippen LogP contribution is 2.18. The zero-order valence-corrected chi connectivity index (χ0v) is 9.48. The van der Waals surface area contributed by atoms with Crippen molar-refractivity contribution in [3.05, 3.63) is 48.3 Å². The van der Waals surface area contributed by atoms with E-state index in [2.05, 4.69) is 6.58 Å². The van der Waals surface area contributed by atoms with Crippen LogP contribution in [0, 0.1) is 5.82 Å². The van der Waals surface area contributed by atoms with Gasteiger partial charge in [0.15, 0.2) is 11.6 Å². The van der Waals surface area contributed by atoms with Crippen LogP contribution in [0.5, 0.6) is 5.75 Å². The van der Waals surface area contributed by atoms with Crippen molar-refractivity contribution in [1.29, 1.82) is 0 Å². The molecule has 0 radical (unpaired) electrons. The Balaban J connectivity index is 2.68. The molecule has 0 aliphatic heterocycles. The molecule has 0 aromatic heterocycles. The van der Waals surface area contributed by atoms with Gasteiger partial charge in [0, 0.05) is 6.08 Å². The molecule has 0 aliphatic rings. The second-order valence-electron chi connectivity index (χ2n) is 3.15. The zero-order valence-electron chi connectivity index (χ0n) is 9.48. The van der Waals surface area contributed by atoms with Crippen LogP contribution >= 0.6 is 0 Å². The molecule has 0 spiro atoms. The first-order valence-corrected chi connectivity index (χ1v) is 4.96. The summed E-state index contributed by atoms with van der Waals surface area (Å²) in [7, 11) is 1.39. The largest absolute Gasteiger partial charge is 0.494 e. The van der Waals surface area contributed by atoms with Gasteiger partial charge in [-0.2, -0.15) is 0 Å². The minimum absolute atomic E-state index is 0.153. The average Bonchev–Trinajstić information content (AvgIpc) is 2.34. The molecule has 0 atom stereocenters. The number of esters is 1. The van der Waals surface area contributed by atoms with Gasteiger partial charge >= 0.3 is 5.97 Å². The van der Waals surface area contributed by atoms with Gasteiger partial charge in [0.2, 0.25) is 0 Å². The molecule has 90 valence electrons. The van der Waals surface area contributed by atoms with Gasteiger partial charge in [-0.3, -0.25) is 0 Å². The van der Waals surface area contributed by atoms with Crippen LogP contribution in [-0.2, 0) is 9.53 Å². The predicted molar refractivity (Wildman–Crippen MR) is 63.1 cm³/mol. The quantitative estimate of drug-likeness (QED) is 0.448. The molecule has 0 saturated carbocycles. The summed E-state index contributed by atoms with van der Waals surface area (Å²) in [6, 6.07) is 4.40. The molecule has 0 aliphatic carbocycles. The van der Waals surface area contributed by atoms with Crippen LogP contribution in [0.1, 0.15) is 5.56 Å². The molecule has 0 bridgehead atoms. The summed E-state index contributed by atoms with van der Waals surface area (Å²) in [5.41, 5.74) is 0.554. The predicted octanol–water partition coefficient (Wildman–Crippen LogP) is 2.58. The van der Waals surface area contributed by atoms with Gasteiger partial charge in [-0.25, -0.2) is 9.18 Å². The highest BCUT2D eigenvalue weighted by atomic mass is 19.1. The number of hydrogen-bond acceptors (Lipinski definition) is 3. The Morgan fingerprint density at radius 3 is 2.88 bits per heavy atom. The van der Waals surface area contributed by atoms with E-state index in [0.717, 1.165) is 0 Å². The third kappa shape index (κ3) is 4.10. The van der Waals surface area contributed by atoms with Crippen LogP contribution in [0.3, 0.4) is 0 Å². The Hall–Kier alpha value is -2.10. The van der Waals surface area contributed by atoms with Crippen LogP contribution in [0.2, 0.25) is 0 Å². The fourth-order valence-corrected chi connectivity index (χ4v) is 1.14. The van der Waals surface area contributed by atoms with Crippen molar-refractivity contribution < 1.29 is 18.7 Å². The highest BCUT2D eigenvalue weighted by Gasteiger charge is 2.02. The van der Waals surface area contributed by atoms with E-state index in [4.69, 9.17) is 9.47 Å². The first-order valence-electron chi connectivity index (χ1n) is 4.96. The molecule has 0 amide bonds. The monoisotopic (exact) mass is 236 g/mol. The van der Waals surface area contributed by atoms with Crippen molar-refractivity contribution >= 4 is 12.0 Å². The Bertz CT molecular complexity index is 438. The van der Waals surface area contributed by atoms with Gasteiger partial charge in [-0.15, -0.1) is 0 Å². The van der Waals surface area contributed by atoms with Crippen molar-refractivity contribution in [1.82, 2.24) is 0 Å². The normalized spacial score (nSPS) is 10.2. The summed E-state index contributed by atoms with van der Waals surface area (Å²) in [6.45, 7) is 3.57. The summed E-state index contributed by atoms with van der Waals surface area (Å²) < 4.78 is 22.8. The minimum Gasteiger partial charge on any atom is -0.494 e. The van der Waals surface area contributed by atoms with E-state index < -0.39 is 11.8 Å². The molecule has 0 unspecified atom stereocenters. The number of methoxy groups -OCH3 is 1. The molecular formula is C13H13FO3. The van der Waals surface area contributed by atoms with Gasteiger partial charge in [0.05, 0.1) is 7.11 Å². The van der Waals surface area contributed by atoms with Gasteiger partial charge in [-0.1, -0.05) is 18.7 Å². The minimum atomic E-state index is -0.499. The highest BCUT2D eigenvalue weighted by molar-refractivity contribution is 5.87. The molecule has 1 aromatic rings. The summed E-state index contributed by atoms with van der Waals surface area (Å²) in [5, 5.41) is 0. The third-order valence-electron chi connectivity index (χ3n) is 1.93. The summed E-state index contributed by atoms with van der Waals surface area (Å²) in [5.74, 6) is -0.813. The first kappa shape index (κ1) is 13.0. The summed E-state index contributed by atoms with van der Waals surface area (Å²) in [4.78, 5) is 11.1. The van der Waals surface area contributed by atoms with Crippen LogP contribution < -0.4 is 4.74 Å². The molecule has 0 fully saturated rings. The average molecular weight is 236 g/mol. The number of halogens is 1. The van der Waals surface area contributed by atoms with Gasteiger partial charge in [0.1, 0.15) is 6.61 Å². The van der Waals surface area contributed by atoms with Crippen molar-refractivity contribution in [3.8, 4) is 5.75 Å². The van der Waals surface area contributed by atoms with Crippen LogP contribution in [0.4, 0.5) is 4.39 Å². The van der Waals surface area contributed by atoms with E-state index in [1.807, 2.05) is 0 Å². The number of hydrogen-bond donors (Lipinski definition) is 0. The Morgan fingerprint density at radius 1 is 1.53 bits per heavy atom. The maximum Gasteiger partial charge on any atom is 0.331 e. The first-order chi connectivity index (χ1) is 8.17. The number of benzene rings is 1. The van der Waals surface area contributed by atoms with E-state index >= 15 is 0 Å². The molecule has 0 N–H and O–H groups in total. The second-order valence-corrected chi connectivity index (χ2v) is 3.15. The van der Waals surface area contributed by atoms with Crippen molar-refractivity contribution in [3.63, 3.8) is 0 Å². The topological polar surface area (TPSA) is 35.5 Å². The van der Waals surface area contributed by atoms with Crippen LogP contribution in [0.25, 0.3) is 6.08 Å². The van der Waals surface area contributed by atoms with E-state index in [1.54, 1.807) is 6.07 Å². The lowest BCUT2D eigenvalue weighted by Crippen LogP contribution is -1.99. The summed E-state index contributed by atoms with van der Waals surface area (Å²) >= 11 is 0. The molecule has 0 heterocycles. The molecule has 0 saturated heterocycles. The number of carbonyl (C=O) groups excluding carboxylic acids is 1. The van der Waals surface area contributed by atoms with Crippen LogP contribution in [-0.4, -0.2) is 19.7 Å². The zero-order chi connectivity index (χ0) is 12.7. The fourth-order valence-electron chi connectivity index (χ4n) is 1.14. The molecule has 1 aromatic carbocycles. The van der Waals surface area contributed by atoms with Crippen molar-refractivity contribution in [2.45, 2.75) is 0 Å². The molecule has 3 nitrogen and oxygen atoms in total. The number of carbonyl (C=O) groups is 1. The maximum atomic E-state index is 13.3. The standard InChI is InChI=1S/C13H13FO3/c1-3-8-17-13(15)7-5-10-4-6-12(16-2)11(14)9-10/h3-7,9H,1,8H2,2H3. The Labute approximate surface area is 99.2 Å². The molecule has 1 rings (SSSR count). The molecular weight excluding hydrogens is 223 g/mol. The smallest absolute Gasteiger partial charge is 0.331 e. The van der Waals surface area contributed by atoms with Crippen molar-refractivity contribution in [2.75, 3.05) is 13.7 Å². The molecule has 4 heteroatoms. The Kier molecular flexibility index (Phi) is 4.94. The number of ether oxygens (including phenoxy) is 2. The van der Waals surface area contributed by atoms with E-state index in [-0.39, 0.29) is 12.4 Å². The third-order valence-corrected chi connectivity index (χ3v) is 1.93. The van der Waals surface area contributed by atoms with Gasteiger partial charge < -0.3 is 9.47 Å². The Morgan fingerprint density at radius 2 is 2.29 bits per heavy atom. The van der Waals surface area contributed by atoms with E-state index in [0.29, 0.717) is 5.56 Å². The van der Waals surface area contributed by atoms with Gasteiger partial charge in [-0.05, 0) is 23.8 Å². The van der Waals surface area contributed by atoms with E-state index in [1.165, 1.54) is 37.5 Å². The second kappa shape index (κ2) is 6.48. The lowest BCUT2D eigenvalue weighted by molar-refractivity contribution is -0.136. The maximum absolute atomic E-state index is 13.3. The van der Waals surface area contributed by atoms with Crippen LogP contribution in [0.15, 0.2) is 36.9 Å². The van der Waals surface area contributed by atoms with Crippen molar-refractivity contribution in [2.24, 2.45) is 0 Å². The fraction of sp³-hybridized carbons (Fsp3) is 0.154. The van der Waals surface area contributed by atoms with Gasteiger partial charge in [0.25, 0.3) is 0 Å².